The summed E-state index contributed by atoms with van der Waals surface area (Å²) in [6, 6.07) is 7.58. The van der Waals surface area contributed by atoms with Gasteiger partial charge in [-0.25, -0.2) is 0 Å². The lowest BCUT2D eigenvalue weighted by atomic mass is 10.2. The number of thioether (sulfide) groups is 1. The molecule has 0 heterocycles. The Morgan fingerprint density at radius 3 is 2.53 bits per heavy atom. The van der Waals surface area contributed by atoms with Crippen molar-refractivity contribution in [2.24, 2.45) is 0 Å². The highest BCUT2D eigenvalue weighted by atomic mass is 32.2. The molecule has 3 nitrogen and oxygen atoms in total. The summed E-state index contributed by atoms with van der Waals surface area (Å²) in [6.45, 7) is 2.03. The molecule has 1 atom stereocenters. The van der Waals surface area contributed by atoms with Gasteiger partial charge in [-0.05, 0) is 26.1 Å². The van der Waals surface area contributed by atoms with Crippen LogP contribution in [0.15, 0.2) is 29.2 Å². The summed E-state index contributed by atoms with van der Waals surface area (Å²) in [7, 11) is 1.66. The summed E-state index contributed by atoms with van der Waals surface area (Å²) in [5, 5.41) is 11.6. The van der Waals surface area contributed by atoms with Crippen LogP contribution in [0.25, 0.3) is 0 Å². The van der Waals surface area contributed by atoms with Crippen LogP contribution in [0.1, 0.15) is 5.56 Å². The molecule has 15 heavy (non-hydrogen) atoms. The van der Waals surface area contributed by atoms with E-state index < -0.39 is 12.0 Å². The van der Waals surface area contributed by atoms with Gasteiger partial charge in [0.2, 0.25) is 0 Å². The zero-order valence-electron chi connectivity index (χ0n) is 8.86. The van der Waals surface area contributed by atoms with E-state index in [9.17, 15) is 4.79 Å². The molecule has 0 radical (unpaired) electrons. The number of carboxylic acid groups (broad SMARTS) is 1. The highest BCUT2D eigenvalue weighted by Gasteiger charge is 2.14. The number of aliphatic carboxylic acids is 1. The van der Waals surface area contributed by atoms with Crippen LogP contribution in [-0.4, -0.2) is 29.9 Å². The molecule has 0 aliphatic rings. The van der Waals surface area contributed by atoms with E-state index in [4.69, 9.17) is 5.11 Å². The first kappa shape index (κ1) is 12.1. The molecule has 0 aliphatic carbocycles. The number of nitrogens with one attached hydrogen (secondary N) is 1. The van der Waals surface area contributed by atoms with Crippen molar-refractivity contribution in [2.75, 3.05) is 12.8 Å². The van der Waals surface area contributed by atoms with Gasteiger partial charge in [0.25, 0.3) is 0 Å². The van der Waals surface area contributed by atoms with E-state index in [1.807, 2.05) is 31.2 Å². The molecule has 0 aromatic heterocycles. The van der Waals surface area contributed by atoms with Gasteiger partial charge in [-0.3, -0.25) is 4.79 Å². The molecule has 0 saturated carbocycles. The number of likely N-dealkylation sites (N-methyl/N-ethyl adjacent to an activating group) is 1. The molecule has 0 aliphatic heterocycles. The highest BCUT2D eigenvalue weighted by molar-refractivity contribution is 7.99. The molecule has 0 spiro atoms. The monoisotopic (exact) mass is 225 g/mol. The van der Waals surface area contributed by atoms with Gasteiger partial charge in [-0.15, -0.1) is 11.8 Å². The fraction of sp³-hybridized carbons (Fsp3) is 0.364. The van der Waals surface area contributed by atoms with E-state index in [0.29, 0.717) is 5.75 Å². The fourth-order valence-corrected chi connectivity index (χ4v) is 2.09. The SMILES string of the molecule is CNC(CSc1ccc(C)cc1)C(=O)O. The average molecular weight is 225 g/mol. The minimum atomic E-state index is -0.808. The van der Waals surface area contributed by atoms with Gasteiger partial charge in [0, 0.05) is 10.6 Å². The Hall–Kier alpha value is -1.00. The quantitative estimate of drug-likeness (QED) is 0.750. The molecule has 1 aromatic carbocycles. The Morgan fingerprint density at radius 2 is 2.07 bits per heavy atom. The van der Waals surface area contributed by atoms with Crippen molar-refractivity contribution in [3.05, 3.63) is 29.8 Å². The van der Waals surface area contributed by atoms with Crippen LogP contribution in [0, 0.1) is 6.92 Å². The van der Waals surface area contributed by atoms with Gasteiger partial charge in [0.05, 0.1) is 0 Å². The lowest BCUT2D eigenvalue weighted by molar-refractivity contribution is -0.138. The lowest BCUT2D eigenvalue weighted by Gasteiger charge is -2.10. The number of hydrogen-bond acceptors (Lipinski definition) is 3. The first-order valence-corrected chi connectivity index (χ1v) is 5.71. The Labute approximate surface area is 93.9 Å². The van der Waals surface area contributed by atoms with E-state index in [2.05, 4.69) is 5.32 Å². The maximum absolute atomic E-state index is 10.7. The Morgan fingerprint density at radius 1 is 1.47 bits per heavy atom. The van der Waals surface area contributed by atoms with Gasteiger partial charge < -0.3 is 10.4 Å². The molecule has 1 unspecified atom stereocenters. The molecule has 4 heteroatoms. The standard InChI is InChI=1S/C11H15NO2S/c1-8-3-5-9(6-4-8)15-7-10(12-2)11(13)14/h3-6,10,12H,7H2,1-2H3,(H,13,14). The second kappa shape index (κ2) is 5.78. The van der Waals surface area contributed by atoms with Crippen LogP contribution in [0.4, 0.5) is 0 Å². The van der Waals surface area contributed by atoms with Crippen LogP contribution in [-0.2, 0) is 4.79 Å². The highest BCUT2D eigenvalue weighted by Crippen LogP contribution is 2.18. The van der Waals surface area contributed by atoms with Crippen molar-refractivity contribution < 1.29 is 9.90 Å². The second-order valence-electron chi connectivity index (χ2n) is 3.30. The van der Waals surface area contributed by atoms with Crippen LogP contribution in [0.3, 0.4) is 0 Å². The van der Waals surface area contributed by atoms with Crippen LogP contribution in [0.5, 0.6) is 0 Å². The second-order valence-corrected chi connectivity index (χ2v) is 4.40. The van der Waals surface area contributed by atoms with Crippen molar-refractivity contribution >= 4 is 17.7 Å². The summed E-state index contributed by atoms with van der Waals surface area (Å²) in [4.78, 5) is 11.8. The number of carbonyl (C=O) groups is 1. The number of carboxylic acids is 1. The van der Waals surface area contributed by atoms with Gasteiger partial charge in [-0.2, -0.15) is 0 Å². The zero-order chi connectivity index (χ0) is 11.3. The lowest BCUT2D eigenvalue weighted by Crippen LogP contribution is -2.35. The van der Waals surface area contributed by atoms with Crippen LogP contribution in [0.2, 0.25) is 0 Å². The maximum atomic E-state index is 10.7. The van der Waals surface area contributed by atoms with Crippen molar-refractivity contribution in [3.8, 4) is 0 Å². The third-order valence-corrected chi connectivity index (χ3v) is 3.19. The summed E-state index contributed by atoms with van der Waals surface area (Å²) >= 11 is 1.55. The molecule has 0 amide bonds. The smallest absolute Gasteiger partial charge is 0.321 e. The number of aryl methyl sites for hydroxylation is 1. The molecule has 82 valence electrons. The first-order chi connectivity index (χ1) is 7.13. The Balaban J connectivity index is 2.49. The molecule has 0 bridgehead atoms. The largest absolute Gasteiger partial charge is 0.480 e. The number of hydrogen-bond donors (Lipinski definition) is 2. The summed E-state index contributed by atoms with van der Waals surface area (Å²) in [5.74, 6) is -0.272. The van der Waals surface area contributed by atoms with Crippen LogP contribution >= 0.6 is 11.8 Å². The average Bonchev–Trinajstić information content (AvgIpc) is 2.21. The normalized spacial score (nSPS) is 12.4. The minimum absolute atomic E-state index is 0.490. The van der Waals surface area contributed by atoms with E-state index in [0.717, 1.165) is 4.90 Å². The van der Waals surface area contributed by atoms with E-state index in [1.165, 1.54) is 5.56 Å². The summed E-state index contributed by atoms with van der Waals surface area (Å²) < 4.78 is 0. The molecule has 2 N–H and O–H groups in total. The number of benzene rings is 1. The van der Waals surface area contributed by atoms with E-state index in [-0.39, 0.29) is 0 Å². The first-order valence-electron chi connectivity index (χ1n) is 4.73. The van der Waals surface area contributed by atoms with Gasteiger partial charge in [0.15, 0.2) is 0 Å². The molecule has 1 aromatic rings. The fourth-order valence-electron chi connectivity index (χ4n) is 1.09. The third-order valence-electron chi connectivity index (χ3n) is 2.08. The predicted octanol–water partition coefficient (Wildman–Crippen LogP) is 1.76. The molecular formula is C11H15NO2S. The van der Waals surface area contributed by atoms with Crippen molar-refractivity contribution in [2.45, 2.75) is 17.9 Å². The number of rotatable bonds is 5. The Kier molecular flexibility index (Phi) is 4.65. The maximum Gasteiger partial charge on any atom is 0.321 e. The summed E-state index contributed by atoms with van der Waals surface area (Å²) in [6.07, 6.45) is 0. The Bertz CT molecular complexity index is 324. The summed E-state index contributed by atoms with van der Waals surface area (Å²) in [5.41, 5.74) is 1.21. The van der Waals surface area contributed by atoms with E-state index >= 15 is 0 Å². The zero-order valence-corrected chi connectivity index (χ0v) is 9.67. The third kappa shape index (κ3) is 3.93. The van der Waals surface area contributed by atoms with Crippen molar-refractivity contribution in [3.63, 3.8) is 0 Å². The minimum Gasteiger partial charge on any atom is -0.480 e. The van der Waals surface area contributed by atoms with Gasteiger partial charge in [0.1, 0.15) is 6.04 Å². The molecule has 0 saturated heterocycles. The molecule has 0 fully saturated rings. The predicted molar refractivity (Wildman–Crippen MR) is 62.4 cm³/mol. The van der Waals surface area contributed by atoms with Crippen molar-refractivity contribution in [1.29, 1.82) is 0 Å². The topological polar surface area (TPSA) is 49.3 Å². The van der Waals surface area contributed by atoms with Gasteiger partial charge >= 0.3 is 5.97 Å². The van der Waals surface area contributed by atoms with E-state index in [1.54, 1.807) is 18.8 Å². The molecular weight excluding hydrogens is 210 g/mol. The van der Waals surface area contributed by atoms with Crippen LogP contribution < -0.4 is 5.32 Å². The van der Waals surface area contributed by atoms with Gasteiger partial charge in [-0.1, -0.05) is 17.7 Å². The molecule has 1 rings (SSSR count). The van der Waals surface area contributed by atoms with Crippen molar-refractivity contribution in [1.82, 2.24) is 5.32 Å².